The summed E-state index contributed by atoms with van der Waals surface area (Å²) in [5.41, 5.74) is 0.774. The molecule has 0 aromatic heterocycles. The van der Waals surface area contributed by atoms with E-state index in [9.17, 15) is 0 Å². The van der Waals surface area contributed by atoms with Gasteiger partial charge in [-0.3, -0.25) is 4.99 Å². The predicted molar refractivity (Wildman–Crippen MR) is 104 cm³/mol. The van der Waals surface area contributed by atoms with Crippen molar-refractivity contribution in [3.63, 3.8) is 0 Å². The van der Waals surface area contributed by atoms with Crippen LogP contribution in [0.5, 0.6) is 0 Å². The van der Waals surface area contributed by atoms with Crippen molar-refractivity contribution < 1.29 is 4.74 Å². The molecule has 0 aliphatic carbocycles. The quantitative estimate of drug-likeness (QED) is 0.375. The van der Waals surface area contributed by atoms with Crippen LogP contribution < -0.4 is 10.6 Å². The second kappa shape index (κ2) is 9.86. The first kappa shape index (κ1) is 20.9. The van der Waals surface area contributed by atoms with E-state index < -0.39 is 0 Å². The fourth-order valence-electron chi connectivity index (χ4n) is 1.43. The molecule has 0 spiro atoms. The maximum atomic E-state index is 6.18. The van der Waals surface area contributed by atoms with E-state index in [2.05, 4.69) is 31.6 Å². The summed E-state index contributed by atoms with van der Waals surface area (Å²) in [6, 6.07) is 5.82. The Kier molecular flexibility index (Phi) is 9.84. The highest BCUT2D eigenvalue weighted by molar-refractivity contribution is 14.0. The summed E-state index contributed by atoms with van der Waals surface area (Å²) >= 11 is 9.57. The van der Waals surface area contributed by atoms with E-state index in [1.807, 2.05) is 32.0 Å². The van der Waals surface area contributed by atoms with Crippen molar-refractivity contribution in [2.24, 2.45) is 4.99 Å². The molecule has 0 fully saturated rings. The van der Waals surface area contributed by atoms with Crippen LogP contribution in [0.15, 0.2) is 27.7 Å². The number of hydrogen-bond donors (Lipinski definition) is 2. The normalized spacial score (nSPS) is 11.8. The molecule has 1 aromatic carbocycles. The Bertz CT molecular complexity index is 483. The first-order chi connectivity index (χ1) is 9.38. The number of methoxy groups -OCH3 is 1. The summed E-state index contributed by atoms with van der Waals surface area (Å²) in [6.45, 7) is 5.30. The molecule has 2 N–H and O–H groups in total. The number of nitrogens with zero attached hydrogens (tertiary/aromatic N) is 1. The number of benzene rings is 1. The van der Waals surface area contributed by atoms with E-state index in [-0.39, 0.29) is 29.6 Å². The molecule has 0 saturated carbocycles. The van der Waals surface area contributed by atoms with Gasteiger partial charge in [-0.2, -0.15) is 0 Å². The molecule has 0 saturated heterocycles. The smallest absolute Gasteiger partial charge is 0.191 e. The lowest BCUT2D eigenvalue weighted by atomic mass is 10.1. The molecule has 0 heterocycles. The lowest BCUT2D eigenvalue weighted by molar-refractivity contribution is 0.0268. The highest BCUT2D eigenvalue weighted by Crippen LogP contribution is 2.21. The van der Waals surface area contributed by atoms with Crippen molar-refractivity contribution in [3.8, 4) is 0 Å². The van der Waals surface area contributed by atoms with Crippen LogP contribution in [0.1, 0.15) is 19.4 Å². The maximum Gasteiger partial charge on any atom is 0.191 e. The third-order valence-corrected chi connectivity index (χ3v) is 3.76. The molecular weight excluding hydrogens is 468 g/mol. The Morgan fingerprint density at radius 3 is 2.57 bits per heavy atom. The minimum Gasteiger partial charge on any atom is -0.377 e. The molecular formula is C14H22BrClIN3O. The van der Waals surface area contributed by atoms with Gasteiger partial charge in [0.2, 0.25) is 0 Å². The van der Waals surface area contributed by atoms with Crippen LogP contribution in [0.4, 0.5) is 0 Å². The number of ether oxygens (including phenoxy) is 1. The molecule has 0 bridgehead atoms. The monoisotopic (exact) mass is 489 g/mol. The average molecular weight is 491 g/mol. The van der Waals surface area contributed by atoms with Gasteiger partial charge in [-0.1, -0.05) is 33.6 Å². The highest BCUT2D eigenvalue weighted by Gasteiger charge is 2.16. The Hall–Kier alpha value is -0.0500. The molecule has 0 aliphatic heterocycles. The Morgan fingerprint density at radius 2 is 2.05 bits per heavy atom. The minimum absolute atomic E-state index is 0. The molecule has 0 atom stereocenters. The maximum absolute atomic E-state index is 6.18. The van der Waals surface area contributed by atoms with Crippen LogP contribution >= 0.6 is 51.5 Å². The van der Waals surface area contributed by atoms with E-state index in [4.69, 9.17) is 16.3 Å². The summed E-state index contributed by atoms with van der Waals surface area (Å²) < 4.78 is 6.32. The minimum atomic E-state index is -0.243. The molecule has 7 heteroatoms. The summed E-state index contributed by atoms with van der Waals surface area (Å²) in [5, 5.41) is 7.17. The van der Waals surface area contributed by atoms with Crippen LogP contribution in [0.25, 0.3) is 0 Å². The molecule has 120 valence electrons. The van der Waals surface area contributed by atoms with Crippen molar-refractivity contribution in [1.29, 1.82) is 0 Å². The second-order valence-electron chi connectivity index (χ2n) is 4.98. The van der Waals surface area contributed by atoms with Crippen molar-refractivity contribution in [3.05, 3.63) is 33.3 Å². The van der Waals surface area contributed by atoms with Crippen LogP contribution in [0.3, 0.4) is 0 Å². The molecule has 1 rings (SSSR count). The second-order valence-corrected chi connectivity index (χ2v) is 6.30. The molecule has 0 radical (unpaired) electrons. The van der Waals surface area contributed by atoms with Crippen molar-refractivity contribution in [2.45, 2.75) is 26.0 Å². The fourth-order valence-corrected chi connectivity index (χ4v) is 2.17. The van der Waals surface area contributed by atoms with E-state index in [0.29, 0.717) is 19.0 Å². The van der Waals surface area contributed by atoms with Gasteiger partial charge in [0.25, 0.3) is 0 Å². The Morgan fingerprint density at radius 1 is 1.38 bits per heavy atom. The van der Waals surface area contributed by atoms with Crippen LogP contribution in [0.2, 0.25) is 5.02 Å². The third-order valence-electron chi connectivity index (χ3n) is 2.92. The Balaban J connectivity index is 0.00000400. The molecule has 1 aromatic rings. The van der Waals surface area contributed by atoms with Gasteiger partial charge in [0.15, 0.2) is 5.96 Å². The average Bonchev–Trinajstić information content (AvgIpc) is 2.41. The molecule has 21 heavy (non-hydrogen) atoms. The number of guanidine groups is 1. The van der Waals surface area contributed by atoms with E-state index in [1.165, 1.54) is 0 Å². The van der Waals surface area contributed by atoms with Crippen molar-refractivity contribution >= 4 is 57.5 Å². The zero-order valence-corrected chi connectivity index (χ0v) is 17.3. The van der Waals surface area contributed by atoms with Crippen LogP contribution in [-0.2, 0) is 11.3 Å². The van der Waals surface area contributed by atoms with Crippen LogP contribution in [0, 0.1) is 0 Å². The first-order valence-electron chi connectivity index (χ1n) is 6.31. The lowest BCUT2D eigenvalue weighted by Gasteiger charge is -2.24. The summed E-state index contributed by atoms with van der Waals surface area (Å²) in [6.07, 6.45) is 0. The largest absolute Gasteiger partial charge is 0.377 e. The lowest BCUT2D eigenvalue weighted by Crippen LogP contribution is -2.45. The molecule has 0 aliphatic rings. The summed E-state index contributed by atoms with van der Waals surface area (Å²) in [4.78, 5) is 4.17. The van der Waals surface area contributed by atoms with Crippen molar-refractivity contribution in [2.75, 3.05) is 20.7 Å². The predicted octanol–water partition coefficient (Wildman–Crippen LogP) is 3.81. The van der Waals surface area contributed by atoms with Gasteiger partial charge in [0.05, 0.1) is 5.60 Å². The van der Waals surface area contributed by atoms with Crippen LogP contribution in [-0.4, -0.2) is 32.3 Å². The summed E-state index contributed by atoms with van der Waals surface area (Å²) in [5.74, 6) is 0.717. The standard InChI is InChI=1S/C14H21BrClN3O.HI/c1-14(2,20-4)9-19-13(17-3)18-8-10-5-6-11(15)7-12(10)16;/h5-7H,8-9H2,1-4H3,(H2,17,18,19);1H. The van der Waals surface area contributed by atoms with E-state index in [1.54, 1.807) is 14.2 Å². The number of halogens is 3. The Labute approximate surface area is 157 Å². The van der Waals surface area contributed by atoms with E-state index in [0.717, 1.165) is 15.1 Å². The zero-order valence-electron chi connectivity index (χ0n) is 12.7. The van der Waals surface area contributed by atoms with Gasteiger partial charge < -0.3 is 15.4 Å². The number of hydrogen-bond acceptors (Lipinski definition) is 2. The molecule has 0 unspecified atom stereocenters. The topological polar surface area (TPSA) is 45.7 Å². The van der Waals surface area contributed by atoms with Gasteiger partial charge in [-0.05, 0) is 31.5 Å². The summed E-state index contributed by atoms with van der Waals surface area (Å²) in [7, 11) is 3.43. The zero-order chi connectivity index (χ0) is 15.2. The van der Waals surface area contributed by atoms with Crippen molar-refractivity contribution in [1.82, 2.24) is 10.6 Å². The van der Waals surface area contributed by atoms with Gasteiger partial charge in [0.1, 0.15) is 0 Å². The third kappa shape index (κ3) is 7.67. The molecule has 4 nitrogen and oxygen atoms in total. The van der Waals surface area contributed by atoms with Gasteiger partial charge in [-0.25, -0.2) is 0 Å². The van der Waals surface area contributed by atoms with Gasteiger partial charge in [-0.15, -0.1) is 24.0 Å². The SMILES string of the molecule is CN=C(NCc1ccc(Br)cc1Cl)NCC(C)(C)OC.I. The van der Waals surface area contributed by atoms with E-state index >= 15 is 0 Å². The number of rotatable bonds is 5. The fraction of sp³-hybridized carbons (Fsp3) is 0.500. The number of aliphatic imine (C=N–C) groups is 1. The van der Waals surface area contributed by atoms with Gasteiger partial charge >= 0.3 is 0 Å². The molecule has 0 amide bonds. The highest BCUT2D eigenvalue weighted by atomic mass is 127. The number of nitrogens with one attached hydrogen (secondary N) is 2. The van der Waals surface area contributed by atoms with Gasteiger partial charge in [0, 0.05) is 36.7 Å². The first-order valence-corrected chi connectivity index (χ1v) is 7.48.